The van der Waals surface area contributed by atoms with Gasteiger partial charge in [-0.1, -0.05) is 0 Å². The van der Waals surface area contributed by atoms with Gasteiger partial charge in [0.25, 0.3) is 0 Å². The molecule has 0 aromatic carbocycles. The number of unbranched alkanes of at least 4 members (excludes halogenated alkanes) is 1. The summed E-state index contributed by atoms with van der Waals surface area (Å²) in [5.41, 5.74) is 0. The molecule has 0 atom stereocenters. The zero-order chi connectivity index (χ0) is 12.8. The molecule has 0 saturated heterocycles. The molecule has 102 valence electrons. The van der Waals surface area contributed by atoms with Crippen molar-refractivity contribution >= 4 is 21.4 Å². The molecule has 18 heavy (non-hydrogen) atoms. The Morgan fingerprint density at radius 3 is 2.89 bits per heavy atom. The van der Waals surface area contributed by atoms with Crippen molar-refractivity contribution in [1.82, 2.24) is 15.0 Å². The first-order chi connectivity index (χ1) is 8.66. The highest BCUT2D eigenvalue weighted by Gasteiger charge is 2.19. The van der Waals surface area contributed by atoms with Crippen LogP contribution in [0.2, 0.25) is 0 Å². The molecule has 1 aromatic rings. The third-order valence-electron chi connectivity index (χ3n) is 2.78. The van der Waals surface area contributed by atoms with Crippen molar-refractivity contribution in [3.8, 4) is 0 Å². The van der Waals surface area contributed by atoms with Crippen LogP contribution in [0.1, 0.15) is 30.7 Å². The summed E-state index contributed by atoms with van der Waals surface area (Å²) in [5, 5.41) is 6.01. The molecule has 0 radical (unpaired) electrons. The maximum atomic E-state index is 11.7. The van der Waals surface area contributed by atoms with E-state index in [1.54, 1.807) is 6.20 Å². The minimum Gasteiger partial charge on any atom is -0.314 e. The predicted molar refractivity (Wildman–Crippen MR) is 73.0 cm³/mol. The van der Waals surface area contributed by atoms with Crippen LogP contribution < -0.4 is 10.0 Å². The van der Waals surface area contributed by atoms with Crippen LogP contribution in [-0.4, -0.2) is 31.7 Å². The van der Waals surface area contributed by atoms with Crippen molar-refractivity contribution in [3.05, 3.63) is 16.6 Å². The maximum absolute atomic E-state index is 11.7. The zero-order valence-corrected chi connectivity index (χ0v) is 11.9. The molecule has 1 saturated carbocycles. The number of hydrogen-bond donors (Lipinski definition) is 2. The molecule has 0 aliphatic heterocycles. The summed E-state index contributed by atoms with van der Waals surface area (Å²) in [4.78, 5) is 4.04. The van der Waals surface area contributed by atoms with Gasteiger partial charge in [0.2, 0.25) is 10.0 Å². The fraction of sp³-hybridized carbons (Fsp3) is 0.727. The van der Waals surface area contributed by atoms with Crippen LogP contribution in [0.5, 0.6) is 0 Å². The molecule has 0 amide bonds. The van der Waals surface area contributed by atoms with Gasteiger partial charge in [-0.05, 0) is 32.2 Å². The lowest BCUT2D eigenvalue weighted by Crippen LogP contribution is -2.26. The third kappa shape index (κ3) is 5.43. The summed E-state index contributed by atoms with van der Waals surface area (Å²) < 4.78 is 25.9. The fourth-order valence-electron chi connectivity index (χ4n) is 1.59. The Hall–Kier alpha value is -0.500. The van der Waals surface area contributed by atoms with E-state index in [1.807, 2.05) is 5.38 Å². The summed E-state index contributed by atoms with van der Waals surface area (Å²) in [5.74, 6) is 0.199. The Kier molecular flexibility index (Phi) is 5.11. The van der Waals surface area contributed by atoms with Crippen LogP contribution in [0.15, 0.2) is 11.6 Å². The summed E-state index contributed by atoms with van der Waals surface area (Å²) in [6, 6.07) is 0.699. The van der Waals surface area contributed by atoms with Gasteiger partial charge in [-0.2, -0.15) is 0 Å². The van der Waals surface area contributed by atoms with E-state index in [4.69, 9.17) is 0 Å². The Morgan fingerprint density at radius 1 is 1.39 bits per heavy atom. The quantitative estimate of drug-likeness (QED) is 0.668. The molecule has 0 unspecified atom stereocenters. The Morgan fingerprint density at radius 2 is 2.22 bits per heavy atom. The number of sulfonamides is 1. The largest absolute Gasteiger partial charge is 0.314 e. The van der Waals surface area contributed by atoms with Crippen LogP contribution >= 0.6 is 11.3 Å². The van der Waals surface area contributed by atoms with Gasteiger partial charge in [-0.15, -0.1) is 11.3 Å². The lowest BCUT2D eigenvalue weighted by atomic mass is 10.3. The minimum absolute atomic E-state index is 0.199. The first-order valence-corrected chi connectivity index (χ1v) is 8.78. The maximum Gasteiger partial charge on any atom is 0.211 e. The highest BCUT2D eigenvalue weighted by Crippen LogP contribution is 2.18. The highest BCUT2D eigenvalue weighted by atomic mass is 32.2. The van der Waals surface area contributed by atoms with Gasteiger partial charge in [-0.3, -0.25) is 0 Å². The Balaban J connectivity index is 1.57. The van der Waals surface area contributed by atoms with Crippen molar-refractivity contribution in [2.24, 2.45) is 0 Å². The van der Waals surface area contributed by atoms with E-state index in [0.29, 0.717) is 19.0 Å². The summed E-state index contributed by atoms with van der Waals surface area (Å²) in [6.45, 7) is 1.23. The van der Waals surface area contributed by atoms with Crippen LogP contribution in [0, 0.1) is 0 Å². The number of hydrogen-bond acceptors (Lipinski definition) is 5. The normalized spacial score (nSPS) is 16.0. The van der Waals surface area contributed by atoms with Gasteiger partial charge in [0, 0.05) is 17.6 Å². The van der Waals surface area contributed by atoms with E-state index in [0.717, 1.165) is 18.0 Å². The molecule has 0 spiro atoms. The molecule has 7 heteroatoms. The molecular weight excluding hydrogens is 270 g/mol. The summed E-state index contributed by atoms with van der Waals surface area (Å²) >= 11 is 1.46. The van der Waals surface area contributed by atoms with Crippen molar-refractivity contribution in [2.45, 2.75) is 38.3 Å². The molecule has 2 N–H and O–H groups in total. The lowest BCUT2D eigenvalue weighted by Gasteiger charge is -2.05. The van der Waals surface area contributed by atoms with Crippen molar-refractivity contribution in [2.75, 3.05) is 12.3 Å². The lowest BCUT2D eigenvalue weighted by molar-refractivity contribution is 0.572. The van der Waals surface area contributed by atoms with Crippen LogP contribution in [-0.2, 0) is 16.6 Å². The van der Waals surface area contributed by atoms with Crippen molar-refractivity contribution in [3.63, 3.8) is 0 Å². The standard InChI is InChI=1S/C11H19N3O2S2/c15-18(16,14-9-11-13-6-7-17-11)8-2-1-5-12-10-3-4-10/h6-7,10,12,14H,1-5,8-9H2. The topological polar surface area (TPSA) is 71.1 Å². The second-order valence-electron chi connectivity index (χ2n) is 4.50. The number of aromatic nitrogens is 1. The first kappa shape index (κ1) is 13.9. The van der Waals surface area contributed by atoms with E-state index in [1.165, 1.54) is 24.2 Å². The monoisotopic (exact) mass is 289 g/mol. The van der Waals surface area contributed by atoms with Gasteiger partial charge in [0.05, 0.1) is 12.3 Å². The third-order valence-corrected chi connectivity index (χ3v) is 4.97. The Bertz CT molecular complexity index is 441. The zero-order valence-electron chi connectivity index (χ0n) is 10.3. The number of rotatable bonds is 9. The Labute approximate surface area is 112 Å². The van der Waals surface area contributed by atoms with Gasteiger partial charge >= 0.3 is 0 Å². The average molecular weight is 289 g/mol. The molecule has 1 fully saturated rings. The molecule has 1 aromatic heterocycles. The fourth-order valence-corrected chi connectivity index (χ4v) is 3.33. The van der Waals surface area contributed by atoms with E-state index in [9.17, 15) is 8.42 Å². The average Bonchev–Trinajstić information content (AvgIpc) is 3.00. The molecule has 5 nitrogen and oxygen atoms in total. The van der Waals surface area contributed by atoms with Crippen LogP contribution in [0.4, 0.5) is 0 Å². The summed E-state index contributed by atoms with van der Waals surface area (Å²) in [6.07, 6.45) is 5.83. The van der Waals surface area contributed by atoms with Gasteiger partial charge in [0.1, 0.15) is 5.01 Å². The van der Waals surface area contributed by atoms with E-state index >= 15 is 0 Å². The van der Waals surface area contributed by atoms with E-state index in [2.05, 4.69) is 15.0 Å². The molecule has 0 bridgehead atoms. The minimum atomic E-state index is -3.15. The van der Waals surface area contributed by atoms with Crippen LogP contribution in [0.3, 0.4) is 0 Å². The number of thiazole rings is 1. The second kappa shape index (κ2) is 6.60. The van der Waals surface area contributed by atoms with Crippen LogP contribution in [0.25, 0.3) is 0 Å². The summed E-state index contributed by atoms with van der Waals surface area (Å²) in [7, 11) is -3.15. The van der Waals surface area contributed by atoms with Gasteiger partial charge < -0.3 is 5.32 Å². The molecule has 2 rings (SSSR count). The van der Waals surface area contributed by atoms with E-state index in [-0.39, 0.29) is 5.75 Å². The predicted octanol–water partition coefficient (Wildman–Crippen LogP) is 1.09. The molecule has 1 heterocycles. The van der Waals surface area contributed by atoms with Gasteiger partial charge in [0.15, 0.2) is 0 Å². The van der Waals surface area contributed by atoms with Gasteiger partial charge in [-0.25, -0.2) is 18.1 Å². The second-order valence-corrected chi connectivity index (χ2v) is 7.41. The highest BCUT2D eigenvalue weighted by molar-refractivity contribution is 7.89. The smallest absolute Gasteiger partial charge is 0.211 e. The van der Waals surface area contributed by atoms with E-state index < -0.39 is 10.0 Å². The molecule has 1 aliphatic carbocycles. The molecule has 1 aliphatic rings. The van der Waals surface area contributed by atoms with Crippen molar-refractivity contribution in [1.29, 1.82) is 0 Å². The SMILES string of the molecule is O=S(=O)(CCCCNC1CC1)NCc1nccs1. The first-order valence-electron chi connectivity index (χ1n) is 6.25. The number of nitrogens with zero attached hydrogens (tertiary/aromatic N) is 1. The molecular formula is C11H19N3O2S2. The number of nitrogens with one attached hydrogen (secondary N) is 2. The van der Waals surface area contributed by atoms with Crippen molar-refractivity contribution < 1.29 is 8.42 Å².